The average Bonchev–Trinajstić information content (AvgIpc) is 2.61. The number of hydrogen-bond acceptors (Lipinski definition) is 3. The van der Waals surface area contributed by atoms with Crippen LogP contribution < -0.4 is 4.74 Å². The highest BCUT2D eigenvalue weighted by Gasteiger charge is 2.06. The summed E-state index contributed by atoms with van der Waals surface area (Å²) in [5.41, 5.74) is 0. The highest BCUT2D eigenvalue weighted by Crippen LogP contribution is 2.25. The molecular weight excluding hydrogens is 180 g/mol. The van der Waals surface area contributed by atoms with E-state index < -0.39 is 0 Å². The summed E-state index contributed by atoms with van der Waals surface area (Å²) in [5.74, 6) is 1.66. The number of ether oxygens (including phenoxy) is 2. The Bertz CT molecular complexity index is 431. The van der Waals surface area contributed by atoms with E-state index in [9.17, 15) is 0 Å². The molecule has 0 atom stereocenters. The molecule has 0 radical (unpaired) electrons. The summed E-state index contributed by atoms with van der Waals surface area (Å²) in [4.78, 5) is 0. The van der Waals surface area contributed by atoms with Crippen LogP contribution in [0.4, 0.5) is 0 Å². The van der Waals surface area contributed by atoms with E-state index in [-0.39, 0.29) is 0 Å². The van der Waals surface area contributed by atoms with Crippen molar-refractivity contribution in [3.8, 4) is 5.75 Å². The van der Waals surface area contributed by atoms with Crippen LogP contribution in [0.5, 0.6) is 5.75 Å². The minimum Gasteiger partial charge on any atom is -0.497 e. The molecule has 1 aromatic heterocycles. The molecule has 0 unspecified atom stereocenters. The lowest BCUT2D eigenvalue weighted by molar-refractivity contribution is 0.166. The molecule has 0 fully saturated rings. The molecule has 0 amide bonds. The second kappa shape index (κ2) is 3.72. The standard InChI is InChI=1S/C11H12O3/c1-12-7-11-10-5-9(13-2)4-3-8(10)6-14-11/h3-6H,7H2,1-2H3. The Kier molecular flexibility index (Phi) is 2.41. The van der Waals surface area contributed by atoms with Gasteiger partial charge >= 0.3 is 0 Å². The van der Waals surface area contributed by atoms with Crippen molar-refractivity contribution in [2.75, 3.05) is 14.2 Å². The fourth-order valence-electron chi connectivity index (χ4n) is 1.45. The predicted octanol–water partition coefficient (Wildman–Crippen LogP) is 2.59. The first-order valence-electron chi connectivity index (χ1n) is 4.38. The van der Waals surface area contributed by atoms with Crippen LogP contribution >= 0.6 is 0 Å². The quantitative estimate of drug-likeness (QED) is 0.749. The Balaban J connectivity index is 2.52. The van der Waals surface area contributed by atoms with Gasteiger partial charge < -0.3 is 13.9 Å². The van der Waals surface area contributed by atoms with Gasteiger partial charge in [-0.1, -0.05) is 0 Å². The van der Waals surface area contributed by atoms with Crippen molar-refractivity contribution in [2.24, 2.45) is 0 Å². The number of benzene rings is 1. The van der Waals surface area contributed by atoms with Gasteiger partial charge in [0.05, 0.1) is 13.4 Å². The van der Waals surface area contributed by atoms with Crippen molar-refractivity contribution >= 4 is 10.8 Å². The minimum atomic E-state index is 0.483. The Morgan fingerprint density at radius 3 is 2.86 bits per heavy atom. The van der Waals surface area contributed by atoms with E-state index in [2.05, 4.69) is 0 Å². The second-order valence-electron chi connectivity index (χ2n) is 3.05. The van der Waals surface area contributed by atoms with Gasteiger partial charge in [0.1, 0.15) is 18.1 Å². The van der Waals surface area contributed by atoms with Crippen LogP contribution in [0.3, 0.4) is 0 Å². The molecule has 2 rings (SSSR count). The van der Waals surface area contributed by atoms with Crippen LogP contribution in [0.15, 0.2) is 28.9 Å². The van der Waals surface area contributed by atoms with Crippen LogP contribution in [0, 0.1) is 0 Å². The molecule has 0 aliphatic carbocycles. The zero-order valence-electron chi connectivity index (χ0n) is 8.24. The van der Waals surface area contributed by atoms with Gasteiger partial charge in [0.2, 0.25) is 0 Å². The van der Waals surface area contributed by atoms with Crippen molar-refractivity contribution in [1.82, 2.24) is 0 Å². The first-order chi connectivity index (χ1) is 6.85. The molecular formula is C11H12O3. The van der Waals surface area contributed by atoms with Crippen LogP contribution in [0.1, 0.15) is 5.76 Å². The van der Waals surface area contributed by atoms with Gasteiger partial charge in [-0.3, -0.25) is 0 Å². The third kappa shape index (κ3) is 1.46. The SMILES string of the molecule is COCc1occ2ccc(OC)cc12. The van der Waals surface area contributed by atoms with E-state index in [0.29, 0.717) is 6.61 Å². The van der Waals surface area contributed by atoms with Gasteiger partial charge in [-0.15, -0.1) is 0 Å². The molecule has 1 heterocycles. The Morgan fingerprint density at radius 2 is 2.14 bits per heavy atom. The monoisotopic (exact) mass is 192 g/mol. The van der Waals surface area contributed by atoms with Crippen LogP contribution in [0.2, 0.25) is 0 Å². The Hall–Kier alpha value is -1.48. The predicted molar refractivity (Wildman–Crippen MR) is 53.5 cm³/mol. The molecule has 0 spiro atoms. The van der Waals surface area contributed by atoms with Gasteiger partial charge in [0.15, 0.2) is 0 Å². The zero-order valence-corrected chi connectivity index (χ0v) is 8.24. The number of fused-ring (bicyclic) bond motifs is 1. The molecule has 0 saturated carbocycles. The van der Waals surface area contributed by atoms with Crippen molar-refractivity contribution in [2.45, 2.75) is 6.61 Å². The Labute approximate surface area is 82.2 Å². The van der Waals surface area contributed by atoms with E-state index in [1.807, 2.05) is 18.2 Å². The lowest BCUT2D eigenvalue weighted by atomic mass is 10.2. The zero-order chi connectivity index (χ0) is 9.97. The van der Waals surface area contributed by atoms with Gasteiger partial charge in [-0.05, 0) is 18.2 Å². The van der Waals surface area contributed by atoms with E-state index in [1.165, 1.54) is 0 Å². The Morgan fingerprint density at radius 1 is 1.29 bits per heavy atom. The minimum absolute atomic E-state index is 0.483. The van der Waals surface area contributed by atoms with Gasteiger partial charge in [-0.2, -0.15) is 0 Å². The highest BCUT2D eigenvalue weighted by atomic mass is 16.5. The van der Waals surface area contributed by atoms with Gasteiger partial charge in [0, 0.05) is 17.9 Å². The summed E-state index contributed by atoms with van der Waals surface area (Å²) in [6, 6.07) is 5.83. The lowest BCUT2D eigenvalue weighted by Crippen LogP contribution is -1.85. The number of rotatable bonds is 3. The van der Waals surface area contributed by atoms with Crippen molar-refractivity contribution in [3.63, 3.8) is 0 Å². The molecule has 0 aliphatic rings. The van der Waals surface area contributed by atoms with E-state index in [4.69, 9.17) is 13.9 Å². The van der Waals surface area contributed by atoms with Gasteiger partial charge in [-0.25, -0.2) is 0 Å². The number of hydrogen-bond donors (Lipinski definition) is 0. The maximum Gasteiger partial charge on any atom is 0.137 e. The molecule has 2 aromatic rings. The molecule has 0 aliphatic heterocycles. The first kappa shape index (κ1) is 9.09. The second-order valence-corrected chi connectivity index (χ2v) is 3.05. The van der Waals surface area contributed by atoms with Crippen molar-refractivity contribution in [3.05, 3.63) is 30.2 Å². The molecule has 1 aromatic carbocycles. The van der Waals surface area contributed by atoms with Crippen LogP contribution in [-0.2, 0) is 11.3 Å². The van der Waals surface area contributed by atoms with E-state index in [1.54, 1.807) is 20.5 Å². The molecule has 14 heavy (non-hydrogen) atoms. The average molecular weight is 192 g/mol. The molecule has 3 heteroatoms. The maximum absolute atomic E-state index is 5.37. The summed E-state index contributed by atoms with van der Waals surface area (Å²) in [7, 11) is 3.30. The fraction of sp³-hybridized carbons (Fsp3) is 0.273. The van der Waals surface area contributed by atoms with Gasteiger partial charge in [0.25, 0.3) is 0 Å². The fourth-order valence-corrected chi connectivity index (χ4v) is 1.45. The molecule has 0 saturated heterocycles. The molecule has 3 nitrogen and oxygen atoms in total. The molecule has 74 valence electrons. The summed E-state index contributed by atoms with van der Waals surface area (Å²) >= 11 is 0. The van der Waals surface area contributed by atoms with E-state index >= 15 is 0 Å². The van der Waals surface area contributed by atoms with E-state index in [0.717, 1.165) is 22.3 Å². The maximum atomic E-state index is 5.37. The third-order valence-corrected chi connectivity index (χ3v) is 2.16. The van der Waals surface area contributed by atoms with Crippen LogP contribution in [0.25, 0.3) is 10.8 Å². The molecule has 0 N–H and O–H groups in total. The normalized spacial score (nSPS) is 10.7. The summed E-state index contributed by atoms with van der Waals surface area (Å²) in [6.07, 6.45) is 1.73. The summed E-state index contributed by atoms with van der Waals surface area (Å²) in [5, 5.41) is 2.11. The summed E-state index contributed by atoms with van der Waals surface area (Å²) in [6.45, 7) is 0.483. The number of furan rings is 1. The number of methoxy groups -OCH3 is 2. The van der Waals surface area contributed by atoms with Crippen molar-refractivity contribution in [1.29, 1.82) is 0 Å². The highest BCUT2D eigenvalue weighted by molar-refractivity contribution is 5.85. The molecule has 0 bridgehead atoms. The van der Waals surface area contributed by atoms with Crippen LogP contribution in [-0.4, -0.2) is 14.2 Å². The first-order valence-corrected chi connectivity index (χ1v) is 4.38. The lowest BCUT2D eigenvalue weighted by Gasteiger charge is -1.99. The topological polar surface area (TPSA) is 31.6 Å². The smallest absolute Gasteiger partial charge is 0.137 e. The third-order valence-electron chi connectivity index (χ3n) is 2.16. The van der Waals surface area contributed by atoms with Crippen molar-refractivity contribution < 1.29 is 13.9 Å². The summed E-state index contributed by atoms with van der Waals surface area (Å²) < 4.78 is 15.5. The largest absolute Gasteiger partial charge is 0.497 e.